The molecule has 1 aliphatic heterocycles. The fraction of sp³-hybridized carbons (Fsp3) is 0.346. The topological polar surface area (TPSA) is 94.6 Å². The van der Waals surface area contributed by atoms with Crippen LogP contribution in [-0.2, 0) is 29.6 Å². The number of aryl methyl sites for hydroxylation is 1. The van der Waals surface area contributed by atoms with E-state index in [1.165, 1.54) is 0 Å². The van der Waals surface area contributed by atoms with Crippen LogP contribution < -0.4 is 0 Å². The molecule has 1 aliphatic rings. The highest BCUT2D eigenvalue weighted by Crippen LogP contribution is 2.41. The van der Waals surface area contributed by atoms with Gasteiger partial charge in [-0.25, -0.2) is 9.78 Å². The number of aromatic hydroxyl groups is 1. The predicted molar refractivity (Wildman–Crippen MR) is 153 cm³/mol. The van der Waals surface area contributed by atoms with Crippen molar-refractivity contribution in [2.45, 2.75) is 20.0 Å². The van der Waals surface area contributed by atoms with Gasteiger partial charge in [-0.1, -0.05) is 6.07 Å². The van der Waals surface area contributed by atoms with Crippen molar-refractivity contribution in [3.63, 3.8) is 0 Å². The number of nitrogens with zero attached hydrogens (tertiary/aromatic N) is 5. The maximum absolute atomic E-state index is 13.4. The molecular weight excluding hydrogens is 553 g/mol. The normalized spacial score (nSPS) is 13.3. The van der Waals surface area contributed by atoms with E-state index < -0.39 is 0 Å². The minimum atomic E-state index is -0.387. The summed E-state index contributed by atoms with van der Waals surface area (Å²) in [6, 6.07) is 5.69. The van der Waals surface area contributed by atoms with E-state index in [1.807, 2.05) is 40.6 Å². The molecule has 9 nitrogen and oxygen atoms in total. The highest BCUT2D eigenvalue weighted by molar-refractivity contribution is 6.09. The Balaban J connectivity index is 0.00000169. The SMILES string of the molecule is CCOC(=O)c1c(CN2CCOCC2)n(C)c2cc(-c3cccnc3)c(O)c(Cn3ccnc3)c12.Cl.Cl.Cl. The third-order valence-corrected chi connectivity index (χ3v) is 6.51. The summed E-state index contributed by atoms with van der Waals surface area (Å²) in [6.07, 6.45) is 8.66. The van der Waals surface area contributed by atoms with E-state index >= 15 is 0 Å². The average Bonchev–Trinajstić information content (AvgIpc) is 3.48. The van der Waals surface area contributed by atoms with E-state index in [0.717, 1.165) is 29.9 Å². The number of morpholine rings is 1. The van der Waals surface area contributed by atoms with Gasteiger partial charge in [0.1, 0.15) is 5.75 Å². The Morgan fingerprint density at radius 1 is 1.13 bits per heavy atom. The van der Waals surface area contributed by atoms with Gasteiger partial charge in [-0.05, 0) is 19.1 Å². The van der Waals surface area contributed by atoms with Gasteiger partial charge in [-0.3, -0.25) is 9.88 Å². The summed E-state index contributed by atoms with van der Waals surface area (Å²) in [5.41, 5.74) is 4.31. The number of imidazole rings is 1. The molecule has 0 bridgehead atoms. The minimum Gasteiger partial charge on any atom is -0.507 e. The Bertz CT molecular complexity index is 1340. The Hall–Kier alpha value is -2.82. The third-order valence-electron chi connectivity index (χ3n) is 6.51. The summed E-state index contributed by atoms with van der Waals surface area (Å²) in [5, 5.41) is 12.2. The van der Waals surface area contributed by atoms with Crippen molar-refractivity contribution >= 4 is 54.1 Å². The predicted octanol–water partition coefficient (Wildman–Crippen LogP) is 4.47. The number of esters is 1. The molecular formula is C26H32Cl3N5O4. The molecule has 0 spiro atoms. The van der Waals surface area contributed by atoms with Crippen LogP contribution in [0, 0.1) is 0 Å². The van der Waals surface area contributed by atoms with Gasteiger partial charge < -0.3 is 23.7 Å². The zero-order valence-electron chi connectivity index (χ0n) is 21.2. The van der Waals surface area contributed by atoms with Crippen LogP contribution in [-0.4, -0.2) is 68.0 Å². The summed E-state index contributed by atoms with van der Waals surface area (Å²) in [6.45, 7) is 5.90. The summed E-state index contributed by atoms with van der Waals surface area (Å²) >= 11 is 0. The van der Waals surface area contributed by atoms with E-state index in [0.29, 0.717) is 48.4 Å². The molecule has 1 aromatic carbocycles. The molecule has 0 atom stereocenters. The monoisotopic (exact) mass is 583 g/mol. The lowest BCUT2D eigenvalue weighted by Crippen LogP contribution is -2.36. The zero-order chi connectivity index (χ0) is 24.4. The number of hydrogen-bond acceptors (Lipinski definition) is 7. The number of pyridine rings is 1. The van der Waals surface area contributed by atoms with Crippen LogP contribution in [0.15, 0.2) is 49.3 Å². The van der Waals surface area contributed by atoms with Crippen LogP contribution in [0.2, 0.25) is 0 Å². The zero-order valence-corrected chi connectivity index (χ0v) is 23.7. The van der Waals surface area contributed by atoms with E-state index in [2.05, 4.69) is 14.9 Å². The van der Waals surface area contributed by atoms with Gasteiger partial charge in [0, 0.05) is 79.2 Å². The van der Waals surface area contributed by atoms with Gasteiger partial charge in [-0.2, -0.15) is 0 Å². The maximum atomic E-state index is 13.4. The quantitative estimate of drug-likeness (QED) is 0.321. The molecule has 0 unspecified atom stereocenters. The van der Waals surface area contributed by atoms with Crippen LogP contribution in [0.1, 0.15) is 28.5 Å². The number of rotatable bonds is 7. The van der Waals surface area contributed by atoms with Gasteiger partial charge >= 0.3 is 5.97 Å². The fourth-order valence-electron chi connectivity index (χ4n) is 4.75. The lowest BCUT2D eigenvalue weighted by molar-refractivity contribution is 0.0328. The lowest BCUT2D eigenvalue weighted by Gasteiger charge is -2.27. The number of phenolic OH excluding ortho intramolecular Hbond substituents is 1. The largest absolute Gasteiger partial charge is 0.507 e. The van der Waals surface area contributed by atoms with Crippen molar-refractivity contribution in [1.29, 1.82) is 0 Å². The number of carbonyl (C=O) groups excluding carboxylic acids is 1. The Labute approximate surface area is 240 Å². The van der Waals surface area contributed by atoms with Gasteiger partial charge in [0.15, 0.2) is 0 Å². The van der Waals surface area contributed by atoms with Crippen LogP contribution in [0.25, 0.3) is 22.0 Å². The summed E-state index contributed by atoms with van der Waals surface area (Å²) in [4.78, 5) is 24.0. The average molecular weight is 585 g/mol. The number of hydrogen-bond donors (Lipinski definition) is 1. The molecule has 0 aliphatic carbocycles. The summed E-state index contributed by atoms with van der Waals surface area (Å²) < 4.78 is 15.0. The smallest absolute Gasteiger partial charge is 0.340 e. The lowest BCUT2D eigenvalue weighted by atomic mass is 9.96. The molecule has 1 N–H and O–H groups in total. The van der Waals surface area contributed by atoms with Gasteiger partial charge in [0.05, 0.1) is 43.8 Å². The summed E-state index contributed by atoms with van der Waals surface area (Å²) in [7, 11) is 1.96. The molecule has 1 fully saturated rings. The number of aromatic nitrogens is 4. The number of carbonyl (C=O) groups is 1. The van der Waals surface area contributed by atoms with Crippen molar-refractivity contribution in [3.05, 3.63) is 66.1 Å². The second-order valence-electron chi connectivity index (χ2n) is 8.61. The highest BCUT2D eigenvalue weighted by Gasteiger charge is 2.29. The van der Waals surface area contributed by atoms with Crippen LogP contribution in [0.5, 0.6) is 5.75 Å². The van der Waals surface area contributed by atoms with Crippen LogP contribution in [0.3, 0.4) is 0 Å². The van der Waals surface area contributed by atoms with E-state index in [4.69, 9.17) is 9.47 Å². The molecule has 4 heterocycles. The highest BCUT2D eigenvalue weighted by atomic mass is 35.5. The van der Waals surface area contributed by atoms with Crippen LogP contribution >= 0.6 is 37.2 Å². The van der Waals surface area contributed by atoms with Crippen molar-refractivity contribution in [3.8, 4) is 16.9 Å². The van der Waals surface area contributed by atoms with Gasteiger partial charge in [-0.15, -0.1) is 37.2 Å². The Morgan fingerprint density at radius 2 is 1.89 bits per heavy atom. The van der Waals surface area contributed by atoms with Crippen molar-refractivity contribution in [2.75, 3.05) is 32.9 Å². The standard InChI is InChI=1S/C26H29N5O4.3ClH/c1-3-35-26(33)24-22(16-30-9-11-34-12-10-30)29(2)21-13-19(18-5-4-6-27-14-18)25(32)20(23(21)24)15-31-8-7-28-17-31;;;/h4-8,13-14,17,32H,3,9-12,15-16H2,1-2H3;3*1H. The van der Waals surface area contributed by atoms with Crippen molar-refractivity contribution in [2.24, 2.45) is 7.05 Å². The minimum absolute atomic E-state index is 0. The second-order valence-corrected chi connectivity index (χ2v) is 8.61. The number of ether oxygens (including phenoxy) is 2. The molecule has 206 valence electrons. The molecule has 0 saturated carbocycles. The van der Waals surface area contributed by atoms with Gasteiger partial charge in [0.25, 0.3) is 0 Å². The number of phenols is 1. The molecule has 38 heavy (non-hydrogen) atoms. The Kier molecular flexibility index (Phi) is 11.4. The molecule has 4 aromatic rings. The van der Waals surface area contributed by atoms with E-state index in [1.54, 1.807) is 31.8 Å². The molecule has 12 heteroatoms. The fourth-order valence-corrected chi connectivity index (χ4v) is 4.75. The summed E-state index contributed by atoms with van der Waals surface area (Å²) in [5.74, 6) is -0.268. The van der Waals surface area contributed by atoms with Crippen LogP contribution in [0.4, 0.5) is 0 Å². The molecule has 3 aromatic heterocycles. The Morgan fingerprint density at radius 3 is 2.53 bits per heavy atom. The van der Waals surface area contributed by atoms with Gasteiger partial charge in [0.2, 0.25) is 0 Å². The number of halogens is 3. The first-order chi connectivity index (χ1) is 17.1. The third kappa shape index (κ3) is 6.08. The maximum Gasteiger partial charge on any atom is 0.340 e. The molecule has 0 radical (unpaired) electrons. The number of benzene rings is 1. The molecule has 0 amide bonds. The first-order valence-corrected chi connectivity index (χ1v) is 11.8. The van der Waals surface area contributed by atoms with Crippen molar-refractivity contribution in [1.82, 2.24) is 24.0 Å². The van der Waals surface area contributed by atoms with Crippen molar-refractivity contribution < 1.29 is 19.4 Å². The second kappa shape index (κ2) is 13.8. The first kappa shape index (κ1) is 31.4. The number of fused-ring (bicyclic) bond motifs is 1. The van der Waals surface area contributed by atoms with E-state index in [9.17, 15) is 9.90 Å². The first-order valence-electron chi connectivity index (χ1n) is 11.8. The molecule has 5 rings (SSSR count). The molecule has 1 saturated heterocycles. The van der Waals surface area contributed by atoms with E-state index in [-0.39, 0.29) is 55.5 Å².